The van der Waals surface area contributed by atoms with Crippen LogP contribution in [0.1, 0.15) is 51.4 Å². The molecule has 2 saturated heterocycles. The van der Waals surface area contributed by atoms with Crippen LogP contribution in [0.2, 0.25) is 0 Å². The molecule has 0 radical (unpaired) electrons. The quantitative estimate of drug-likeness (QED) is 0.337. The molecule has 0 bridgehead atoms. The summed E-state index contributed by atoms with van der Waals surface area (Å²) in [6.45, 7) is 1.54. The van der Waals surface area contributed by atoms with Gasteiger partial charge in [0.25, 0.3) is 0 Å². The van der Waals surface area contributed by atoms with Crippen LogP contribution in [0.4, 0.5) is 4.79 Å². The van der Waals surface area contributed by atoms with E-state index >= 15 is 0 Å². The zero-order valence-corrected chi connectivity index (χ0v) is 14.6. The lowest BCUT2D eigenvalue weighted by Gasteiger charge is -2.16. The van der Waals surface area contributed by atoms with Crippen LogP contribution in [0.5, 0.6) is 0 Å². The molecule has 3 amide bonds. The lowest BCUT2D eigenvalue weighted by atomic mass is 10.0. The first-order valence-corrected chi connectivity index (χ1v) is 9.91. The molecule has 2 aliphatic rings. The third-order valence-electron chi connectivity index (χ3n) is 4.53. The molecule has 3 atom stereocenters. The molecule has 2 rings (SSSR count). The van der Waals surface area contributed by atoms with Gasteiger partial charge in [0, 0.05) is 24.0 Å². The molecule has 0 spiro atoms. The summed E-state index contributed by atoms with van der Waals surface area (Å²) < 4.78 is 0. The number of unbranched alkanes of at least 4 members (excludes halogenated alkanes) is 4. The maximum Gasteiger partial charge on any atom is 0.315 e. The Morgan fingerprint density at radius 2 is 2.00 bits per heavy atom. The lowest BCUT2D eigenvalue weighted by Crippen LogP contribution is -2.36. The van der Waals surface area contributed by atoms with Crippen LogP contribution < -0.4 is 21.7 Å². The van der Waals surface area contributed by atoms with Crippen LogP contribution in [0.15, 0.2) is 0 Å². The second kappa shape index (κ2) is 10.0. The average Bonchev–Trinajstić information content (AvgIpc) is 3.07. The number of rotatable bonds is 11. The van der Waals surface area contributed by atoms with Gasteiger partial charge in [0.1, 0.15) is 0 Å². The topological polar surface area (TPSA) is 96.2 Å². The third-order valence-corrected chi connectivity index (χ3v) is 6.04. The minimum atomic E-state index is -0.0314. The van der Waals surface area contributed by atoms with Crippen LogP contribution in [0.3, 0.4) is 0 Å². The SMILES string of the molecule is NCCCCCCNC(=O)CCCC[C@H]1SC[C@H]2NC(=O)N[C@H]21. The van der Waals surface area contributed by atoms with Crippen molar-refractivity contribution >= 4 is 23.7 Å². The third kappa shape index (κ3) is 6.22. The summed E-state index contributed by atoms with van der Waals surface area (Å²) in [5.74, 6) is 1.16. The molecule has 6 nitrogen and oxygen atoms in total. The number of urea groups is 1. The van der Waals surface area contributed by atoms with Gasteiger partial charge in [0.05, 0.1) is 12.1 Å². The molecule has 0 unspecified atom stereocenters. The molecular weight excluding hydrogens is 312 g/mol. The van der Waals surface area contributed by atoms with Crippen molar-refractivity contribution < 1.29 is 9.59 Å². The maximum absolute atomic E-state index is 11.8. The Bertz CT molecular complexity index is 394. The van der Waals surface area contributed by atoms with Gasteiger partial charge in [-0.05, 0) is 32.2 Å². The van der Waals surface area contributed by atoms with E-state index in [1.165, 1.54) is 0 Å². The summed E-state index contributed by atoms with van der Waals surface area (Å²) >= 11 is 1.93. The first-order valence-electron chi connectivity index (χ1n) is 8.86. The Labute approximate surface area is 143 Å². The number of nitrogens with two attached hydrogens (primary N) is 1. The van der Waals surface area contributed by atoms with Gasteiger partial charge in [-0.2, -0.15) is 11.8 Å². The van der Waals surface area contributed by atoms with Crippen molar-refractivity contribution in [3.63, 3.8) is 0 Å². The first kappa shape index (κ1) is 18.4. The highest BCUT2D eigenvalue weighted by atomic mass is 32.2. The second-order valence-electron chi connectivity index (χ2n) is 6.42. The monoisotopic (exact) mass is 342 g/mol. The van der Waals surface area contributed by atoms with E-state index in [-0.39, 0.29) is 18.0 Å². The summed E-state index contributed by atoms with van der Waals surface area (Å²) in [7, 11) is 0. The molecule has 2 heterocycles. The minimum Gasteiger partial charge on any atom is -0.356 e. The van der Waals surface area contributed by atoms with E-state index in [0.29, 0.717) is 17.7 Å². The van der Waals surface area contributed by atoms with Crippen molar-refractivity contribution in [1.82, 2.24) is 16.0 Å². The number of carbonyl (C=O) groups excluding carboxylic acids is 2. The highest BCUT2D eigenvalue weighted by Crippen LogP contribution is 2.33. The van der Waals surface area contributed by atoms with E-state index in [4.69, 9.17) is 5.73 Å². The van der Waals surface area contributed by atoms with Gasteiger partial charge in [0.15, 0.2) is 0 Å². The van der Waals surface area contributed by atoms with E-state index in [2.05, 4.69) is 16.0 Å². The van der Waals surface area contributed by atoms with Crippen LogP contribution in [0, 0.1) is 0 Å². The predicted octanol–water partition coefficient (Wildman–Crippen LogP) is 1.35. The van der Waals surface area contributed by atoms with Crippen molar-refractivity contribution in [2.45, 2.75) is 68.7 Å². The van der Waals surface area contributed by atoms with E-state index < -0.39 is 0 Å². The largest absolute Gasteiger partial charge is 0.356 e. The summed E-state index contributed by atoms with van der Waals surface area (Å²) in [4.78, 5) is 23.1. The van der Waals surface area contributed by atoms with E-state index in [0.717, 1.165) is 63.8 Å². The Balaban J connectivity index is 1.46. The van der Waals surface area contributed by atoms with Gasteiger partial charge < -0.3 is 21.7 Å². The Hall–Kier alpha value is -0.950. The molecule has 2 aliphatic heterocycles. The van der Waals surface area contributed by atoms with Gasteiger partial charge in [-0.15, -0.1) is 0 Å². The van der Waals surface area contributed by atoms with E-state index in [9.17, 15) is 9.59 Å². The summed E-state index contributed by atoms with van der Waals surface area (Å²) in [5, 5.41) is 9.44. The number of hydrogen-bond acceptors (Lipinski definition) is 4. The standard InChI is InChI=1S/C16H30N4O2S/c17-9-5-1-2-6-10-18-14(21)8-4-3-7-13-15-12(11-23-13)19-16(22)20-15/h12-13,15H,1-11,17H2,(H,18,21)(H2,19,20,22)/t12-,13-,15-/m1/s1. The number of carbonyl (C=O) groups is 2. The molecule has 2 fully saturated rings. The zero-order valence-electron chi connectivity index (χ0n) is 13.8. The lowest BCUT2D eigenvalue weighted by molar-refractivity contribution is -0.121. The van der Waals surface area contributed by atoms with Gasteiger partial charge in [0.2, 0.25) is 5.91 Å². The molecule has 7 heteroatoms. The van der Waals surface area contributed by atoms with Crippen molar-refractivity contribution in [3.8, 4) is 0 Å². The molecule has 23 heavy (non-hydrogen) atoms. The predicted molar refractivity (Wildman–Crippen MR) is 94.5 cm³/mol. The second-order valence-corrected chi connectivity index (χ2v) is 7.69. The normalized spacial score (nSPS) is 25.8. The fraction of sp³-hybridized carbons (Fsp3) is 0.875. The molecule has 0 saturated carbocycles. The number of thioether (sulfide) groups is 1. The fourth-order valence-corrected chi connectivity index (χ4v) is 4.76. The Morgan fingerprint density at radius 1 is 1.17 bits per heavy atom. The molecule has 132 valence electrons. The van der Waals surface area contributed by atoms with E-state index in [1.54, 1.807) is 0 Å². The number of hydrogen-bond donors (Lipinski definition) is 4. The van der Waals surface area contributed by atoms with Gasteiger partial charge >= 0.3 is 6.03 Å². The Morgan fingerprint density at radius 3 is 2.83 bits per heavy atom. The summed E-state index contributed by atoms with van der Waals surface area (Å²) in [5.41, 5.74) is 5.44. The zero-order chi connectivity index (χ0) is 16.5. The molecule has 5 N–H and O–H groups in total. The highest BCUT2D eigenvalue weighted by molar-refractivity contribution is 8.00. The molecule has 0 aromatic carbocycles. The van der Waals surface area contributed by atoms with Gasteiger partial charge in [-0.25, -0.2) is 4.79 Å². The maximum atomic E-state index is 11.8. The molecule has 0 aliphatic carbocycles. The van der Waals surface area contributed by atoms with Crippen molar-refractivity contribution in [3.05, 3.63) is 0 Å². The Kier molecular flexibility index (Phi) is 8.02. The number of amides is 3. The summed E-state index contributed by atoms with van der Waals surface area (Å²) in [6, 6.07) is 0.533. The number of nitrogens with one attached hydrogen (secondary N) is 3. The van der Waals surface area contributed by atoms with Crippen molar-refractivity contribution in [1.29, 1.82) is 0 Å². The first-order chi connectivity index (χ1) is 11.2. The van der Waals surface area contributed by atoms with Crippen molar-refractivity contribution in [2.24, 2.45) is 5.73 Å². The minimum absolute atomic E-state index is 0.0314. The van der Waals surface area contributed by atoms with Crippen LogP contribution in [-0.4, -0.2) is 48.1 Å². The van der Waals surface area contributed by atoms with Crippen LogP contribution in [0.25, 0.3) is 0 Å². The smallest absolute Gasteiger partial charge is 0.315 e. The molecule has 0 aromatic rings. The fourth-order valence-electron chi connectivity index (χ4n) is 3.21. The molecular formula is C16H30N4O2S. The van der Waals surface area contributed by atoms with Crippen molar-refractivity contribution in [2.75, 3.05) is 18.8 Å². The van der Waals surface area contributed by atoms with Crippen LogP contribution in [-0.2, 0) is 4.79 Å². The van der Waals surface area contributed by atoms with Gasteiger partial charge in [-0.3, -0.25) is 4.79 Å². The van der Waals surface area contributed by atoms with E-state index in [1.807, 2.05) is 11.8 Å². The summed E-state index contributed by atoms with van der Waals surface area (Å²) in [6.07, 6.45) is 8.05. The van der Waals surface area contributed by atoms with Gasteiger partial charge in [-0.1, -0.05) is 19.3 Å². The number of fused-ring (bicyclic) bond motifs is 1. The highest BCUT2D eigenvalue weighted by Gasteiger charge is 2.42. The molecule has 0 aromatic heterocycles. The average molecular weight is 343 g/mol. The van der Waals surface area contributed by atoms with Crippen LogP contribution >= 0.6 is 11.8 Å².